The Labute approximate surface area is 81.7 Å². The molecule has 1 atom stereocenters. The molecule has 0 aromatic rings. The van der Waals surface area contributed by atoms with Crippen molar-refractivity contribution in [2.24, 2.45) is 0 Å². The molecule has 1 aliphatic rings. The van der Waals surface area contributed by atoms with Crippen molar-refractivity contribution in [2.75, 3.05) is 26.7 Å². The van der Waals surface area contributed by atoms with Gasteiger partial charge in [-0.3, -0.25) is 4.90 Å². The Morgan fingerprint density at radius 3 is 2.15 bits per heavy atom. The Morgan fingerprint density at radius 2 is 1.77 bits per heavy atom. The summed E-state index contributed by atoms with van der Waals surface area (Å²) in [4.78, 5) is 3.93. The molecule has 1 rings (SSSR count). The molecule has 0 N–H and O–H groups in total. The van der Waals surface area contributed by atoms with Crippen molar-refractivity contribution < 1.29 is 4.39 Å². The Balaban J connectivity index is 0.000000671. The van der Waals surface area contributed by atoms with Crippen LogP contribution in [0.2, 0.25) is 0 Å². The molecule has 1 unspecified atom stereocenters. The van der Waals surface area contributed by atoms with Crippen molar-refractivity contribution in [2.45, 2.75) is 40.0 Å². The Hall–Kier alpha value is -0.150. The maximum Gasteiger partial charge on any atom is 0.166 e. The van der Waals surface area contributed by atoms with Gasteiger partial charge in [-0.15, -0.1) is 0 Å². The second-order valence-electron chi connectivity index (χ2n) is 3.53. The van der Waals surface area contributed by atoms with Crippen molar-refractivity contribution in [1.82, 2.24) is 9.80 Å². The third-order valence-electron chi connectivity index (χ3n) is 2.23. The van der Waals surface area contributed by atoms with E-state index in [0.717, 1.165) is 13.1 Å². The van der Waals surface area contributed by atoms with E-state index in [-0.39, 0.29) is 0 Å². The van der Waals surface area contributed by atoms with Crippen molar-refractivity contribution >= 4 is 0 Å². The summed E-state index contributed by atoms with van der Waals surface area (Å²) in [5, 5.41) is 0. The zero-order chi connectivity index (χ0) is 10.4. The molecule has 1 heterocycles. The Morgan fingerprint density at radius 1 is 1.23 bits per heavy atom. The lowest BCUT2D eigenvalue weighted by Gasteiger charge is -2.37. The quantitative estimate of drug-likeness (QED) is 0.583. The van der Waals surface area contributed by atoms with E-state index >= 15 is 0 Å². The van der Waals surface area contributed by atoms with Crippen LogP contribution in [0.25, 0.3) is 0 Å². The van der Waals surface area contributed by atoms with Crippen LogP contribution in [-0.4, -0.2) is 48.8 Å². The summed E-state index contributed by atoms with van der Waals surface area (Å²) in [7, 11) is 1.96. The number of halogens is 1. The van der Waals surface area contributed by atoms with Crippen molar-refractivity contribution in [1.29, 1.82) is 0 Å². The molecule has 0 saturated carbocycles. The molecule has 1 aliphatic heterocycles. The summed E-state index contributed by atoms with van der Waals surface area (Å²) in [5.41, 5.74) is 0. The minimum Gasteiger partial charge on any atom is -0.301 e. The molecule has 1 saturated heterocycles. The highest BCUT2D eigenvalue weighted by Crippen LogP contribution is 2.12. The molecular weight excluding hydrogens is 167 g/mol. The summed E-state index contributed by atoms with van der Waals surface area (Å²) in [6, 6.07) is 0.332. The van der Waals surface area contributed by atoms with Gasteiger partial charge in [-0.2, -0.15) is 0 Å². The van der Waals surface area contributed by atoms with Crippen LogP contribution < -0.4 is 0 Å². The van der Waals surface area contributed by atoms with Crippen LogP contribution >= 0.6 is 0 Å². The predicted molar refractivity (Wildman–Crippen MR) is 55.6 cm³/mol. The third-order valence-corrected chi connectivity index (χ3v) is 2.23. The monoisotopic (exact) mass is 190 g/mol. The number of likely N-dealkylation sites (N-methyl/N-ethyl adjacent to an activating group) is 1. The third kappa shape index (κ3) is 4.05. The van der Waals surface area contributed by atoms with E-state index in [0.29, 0.717) is 12.6 Å². The number of piperazine rings is 1. The number of hydrogen-bond acceptors (Lipinski definition) is 2. The van der Waals surface area contributed by atoms with Crippen LogP contribution in [0, 0.1) is 0 Å². The molecule has 0 aliphatic carbocycles. The highest BCUT2D eigenvalue weighted by atomic mass is 19.1. The highest BCUT2D eigenvalue weighted by Gasteiger charge is 2.26. The van der Waals surface area contributed by atoms with Gasteiger partial charge in [0.15, 0.2) is 6.30 Å². The molecular formula is C10H23FN2. The SMILES string of the molecule is CC.CC(C)N1CCN(C)CC1F. The van der Waals surface area contributed by atoms with Crippen molar-refractivity contribution in [3.63, 3.8) is 0 Å². The first-order chi connectivity index (χ1) is 6.11. The lowest BCUT2D eigenvalue weighted by molar-refractivity contribution is -0.0102. The molecule has 13 heavy (non-hydrogen) atoms. The summed E-state index contributed by atoms with van der Waals surface area (Å²) < 4.78 is 13.2. The molecule has 3 heteroatoms. The Kier molecular flexibility index (Phi) is 6.25. The number of alkyl halides is 1. The van der Waals surface area contributed by atoms with E-state index in [4.69, 9.17) is 0 Å². The second-order valence-corrected chi connectivity index (χ2v) is 3.53. The van der Waals surface area contributed by atoms with E-state index in [1.165, 1.54) is 0 Å². The number of hydrogen-bond donors (Lipinski definition) is 0. The normalized spacial score (nSPS) is 25.6. The molecule has 0 bridgehead atoms. The van der Waals surface area contributed by atoms with Gasteiger partial charge in [-0.25, -0.2) is 4.39 Å². The van der Waals surface area contributed by atoms with E-state index in [1.807, 2.05) is 44.5 Å². The average molecular weight is 190 g/mol. The van der Waals surface area contributed by atoms with Crippen LogP contribution in [0.1, 0.15) is 27.7 Å². The van der Waals surface area contributed by atoms with Crippen LogP contribution in [0.4, 0.5) is 4.39 Å². The summed E-state index contributed by atoms with van der Waals surface area (Å²) in [6.45, 7) is 10.5. The van der Waals surface area contributed by atoms with Gasteiger partial charge in [-0.05, 0) is 20.9 Å². The van der Waals surface area contributed by atoms with Crippen molar-refractivity contribution in [3.05, 3.63) is 0 Å². The van der Waals surface area contributed by atoms with Crippen LogP contribution in [0.3, 0.4) is 0 Å². The van der Waals surface area contributed by atoms with Gasteiger partial charge in [0.1, 0.15) is 0 Å². The molecule has 0 aromatic heterocycles. The fourth-order valence-electron chi connectivity index (χ4n) is 1.46. The first-order valence-corrected chi connectivity index (χ1v) is 5.19. The van der Waals surface area contributed by atoms with E-state index in [1.54, 1.807) is 0 Å². The van der Waals surface area contributed by atoms with E-state index in [2.05, 4.69) is 0 Å². The summed E-state index contributed by atoms with van der Waals surface area (Å²) in [6.07, 6.45) is -0.770. The highest BCUT2D eigenvalue weighted by molar-refractivity contribution is 4.75. The van der Waals surface area contributed by atoms with Gasteiger partial charge in [0, 0.05) is 25.7 Å². The Bertz CT molecular complexity index is 128. The zero-order valence-corrected chi connectivity index (χ0v) is 9.55. The number of rotatable bonds is 1. The van der Waals surface area contributed by atoms with Crippen LogP contribution in [0.15, 0.2) is 0 Å². The molecule has 2 nitrogen and oxygen atoms in total. The molecule has 0 radical (unpaired) electrons. The molecule has 0 spiro atoms. The first kappa shape index (κ1) is 12.8. The number of nitrogens with zero attached hydrogens (tertiary/aromatic N) is 2. The standard InChI is InChI=1S/C8H17FN2.C2H6/c1-7(2)11-5-4-10(3)6-8(11)9;1-2/h7-8H,4-6H2,1-3H3;1-2H3. The van der Waals surface area contributed by atoms with Gasteiger partial charge < -0.3 is 4.90 Å². The smallest absolute Gasteiger partial charge is 0.166 e. The minimum absolute atomic E-state index is 0.332. The fourth-order valence-corrected chi connectivity index (χ4v) is 1.46. The second kappa shape index (κ2) is 6.33. The fraction of sp³-hybridized carbons (Fsp3) is 1.00. The summed E-state index contributed by atoms with van der Waals surface area (Å²) in [5.74, 6) is 0. The van der Waals surface area contributed by atoms with Gasteiger partial charge in [0.2, 0.25) is 0 Å². The molecule has 80 valence electrons. The van der Waals surface area contributed by atoms with E-state index < -0.39 is 6.30 Å². The van der Waals surface area contributed by atoms with Gasteiger partial charge in [-0.1, -0.05) is 13.8 Å². The first-order valence-electron chi connectivity index (χ1n) is 5.19. The largest absolute Gasteiger partial charge is 0.301 e. The van der Waals surface area contributed by atoms with E-state index in [9.17, 15) is 4.39 Å². The lowest BCUT2D eigenvalue weighted by atomic mass is 10.2. The molecule has 1 fully saturated rings. The van der Waals surface area contributed by atoms with Gasteiger partial charge in [0.25, 0.3) is 0 Å². The topological polar surface area (TPSA) is 6.48 Å². The van der Waals surface area contributed by atoms with Gasteiger partial charge in [0.05, 0.1) is 0 Å². The maximum absolute atomic E-state index is 13.2. The minimum atomic E-state index is -0.770. The van der Waals surface area contributed by atoms with Crippen LogP contribution in [0.5, 0.6) is 0 Å². The average Bonchev–Trinajstić information content (AvgIpc) is 2.07. The summed E-state index contributed by atoms with van der Waals surface area (Å²) >= 11 is 0. The van der Waals surface area contributed by atoms with Crippen molar-refractivity contribution in [3.8, 4) is 0 Å². The van der Waals surface area contributed by atoms with Gasteiger partial charge >= 0.3 is 0 Å². The zero-order valence-electron chi connectivity index (χ0n) is 9.55. The predicted octanol–water partition coefficient (Wildman–Crippen LogP) is 1.96. The lowest BCUT2D eigenvalue weighted by Crippen LogP contribution is -2.52. The maximum atomic E-state index is 13.2. The van der Waals surface area contributed by atoms with Crippen LogP contribution in [-0.2, 0) is 0 Å². The molecule has 0 aromatic carbocycles. The molecule has 0 amide bonds.